The van der Waals surface area contributed by atoms with Crippen molar-refractivity contribution in [1.82, 2.24) is 19.7 Å². The number of rotatable bonds is 3. The van der Waals surface area contributed by atoms with Gasteiger partial charge in [0.05, 0.1) is 6.04 Å². The SMILES string of the molecule is Cc1cccc([C@@H]2C[C@H]2C(=O)N2CCC[C@H](n3nc(C)nc3C)C2)c1. The highest BCUT2D eigenvalue weighted by Gasteiger charge is 2.46. The normalized spacial score (nSPS) is 25.9. The summed E-state index contributed by atoms with van der Waals surface area (Å²) in [6.45, 7) is 7.67. The van der Waals surface area contributed by atoms with Gasteiger partial charge in [-0.3, -0.25) is 4.79 Å². The van der Waals surface area contributed by atoms with E-state index in [0.29, 0.717) is 11.8 Å². The highest BCUT2D eigenvalue weighted by molar-refractivity contribution is 5.83. The first-order valence-electron chi connectivity index (χ1n) is 9.28. The summed E-state index contributed by atoms with van der Waals surface area (Å²) >= 11 is 0. The Morgan fingerprint density at radius 3 is 2.80 bits per heavy atom. The van der Waals surface area contributed by atoms with Gasteiger partial charge in [0.15, 0.2) is 0 Å². The molecule has 25 heavy (non-hydrogen) atoms. The van der Waals surface area contributed by atoms with Gasteiger partial charge in [0, 0.05) is 19.0 Å². The lowest BCUT2D eigenvalue weighted by atomic mass is 10.0. The molecule has 1 aromatic heterocycles. The molecule has 1 saturated heterocycles. The molecule has 2 fully saturated rings. The summed E-state index contributed by atoms with van der Waals surface area (Å²) in [7, 11) is 0. The molecule has 0 N–H and O–H groups in total. The molecule has 0 unspecified atom stereocenters. The molecule has 1 aliphatic carbocycles. The molecule has 4 rings (SSSR count). The summed E-state index contributed by atoms with van der Waals surface area (Å²) in [5.74, 6) is 2.65. The van der Waals surface area contributed by atoms with Crippen LogP contribution in [0.3, 0.4) is 0 Å². The number of hydrogen-bond acceptors (Lipinski definition) is 3. The second-order valence-electron chi connectivity index (χ2n) is 7.59. The molecule has 1 aromatic carbocycles. The van der Waals surface area contributed by atoms with E-state index in [4.69, 9.17) is 0 Å². The van der Waals surface area contributed by atoms with Crippen LogP contribution in [0, 0.1) is 26.7 Å². The number of hydrogen-bond donors (Lipinski definition) is 0. The Labute approximate surface area is 149 Å². The molecule has 2 heterocycles. The van der Waals surface area contributed by atoms with Crippen LogP contribution in [0.4, 0.5) is 0 Å². The predicted molar refractivity (Wildman–Crippen MR) is 96.4 cm³/mol. The molecular weight excluding hydrogens is 312 g/mol. The van der Waals surface area contributed by atoms with Gasteiger partial charge in [0.2, 0.25) is 5.91 Å². The number of likely N-dealkylation sites (tertiary alicyclic amines) is 1. The minimum absolute atomic E-state index is 0.166. The van der Waals surface area contributed by atoms with Crippen LogP contribution in [0.15, 0.2) is 24.3 Å². The third-order valence-corrected chi connectivity index (χ3v) is 5.54. The van der Waals surface area contributed by atoms with Gasteiger partial charge >= 0.3 is 0 Å². The maximum absolute atomic E-state index is 13.0. The van der Waals surface area contributed by atoms with Crippen molar-refractivity contribution in [1.29, 1.82) is 0 Å². The molecule has 0 radical (unpaired) electrons. The summed E-state index contributed by atoms with van der Waals surface area (Å²) in [6.07, 6.45) is 3.10. The minimum atomic E-state index is 0.166. The topological polar surface area (TPSA) is 51.0 Å². The fraction of sp³-hybridized carbons (Fsp3) is 0.550. The van der Waals surface area contributed by atoms with Crippen LogP contribution in [-0.2, 0) is 4.79 Å². The lowest BCUT2D eigenvalue weighted by Crippen LogP contribution is -2.42. The fourth-order valence-electron chi connectivity index (χ4n) is 4.21. The van der Waals surface area contributed by atoms with Crippen molar-refractivity contribution in [3.8, 4) is 0 Å². The van der Waals surface area contributed by atoms with Gasteiger partial charge in [-0.15, -0.1) is 0 Å². The smallest absolute Gasteiger partial charge is 0.226 e. The summed E-state index contributed by atoms with van der Waals surface area (Å²) in [4.78, 5) is 19.4. The molecule has 1 amide bonds. The molecule has 3 atom stereocenters. The lowest BCUT2D eigenvalue weighted by molar-refractivity contribution is -0.134. The van der Waals surface area contributed by atoms with E-state index < -0.39 is 0 Å². The van der Waals surface area contributed by atoms with Gasteiger partial charge in [-0.25, -0.2) is 9.67 Å². The number of amides is 1. The van der Waals surface area contributed by atoms with Crippen LogP contribution in [0.2, 0.25) is 0 Å². The average Bonchev–Trinajstić information content (AvgIpc) is 3.33. The van der Waals surface area contributed by atoms with Crippen LogP contribution < -0.4 is 0 Å². The molecule has 5 heteroatoms. The van der Waals surface area contributed by atoms with E-state index in [-0.39, 0.29) is 12.0 Å². The van der Waals surface area contributed by atoms with Gasteiger partial charge in [0.25, 0.3) is 0 Å². The van der Waals surface area contributed by atoms with E-state index in [9.17, 15) is 4.79 Å². The third-order valence-electron chi connectivity index (χ3n) is 5.54. The molecular formula is C20H26N4O. The Hall–Kier alpha value is -2.17. The zero-order chi connectivity index (χ0) is 17.6. The van der Waals surface area contributed by atoms with Crippen LogP contribution >= 0.6 is 0 Å². The van der Waals surface area contributed by atoms with E-state index in [1.165, 1.54) is 11.1 Å². The van der Waals surface area contributed by atoms with Crippen molar-refractivity contribution in [2.75, 3.05) is 13.1 Å². The quantitative estimate of drug-likeness (QED) is 0.864. The standard InChI is InChI=1S/C20H26N4O/c1-13-6-4-7-16(10-13)18-11-19(18)20(25)23-9-5-8-17(12-23)24-15(3)21-14(2)22-24/h4,6-7,10,17-19H,5,8-9,11-12H2,1-3H3/t17-,18-,19+/m0/s1. The number of carbonyl (C=O) groups is 1. The van der Waals surface area contributed by atoms with Crippen molar-refractivity contribution >= 4 is 5.91 Å². The highest BCUT2D eigenvalue weighted by atomic mass is 16.2. The molecule has 0 bridgehead atoms. The summed E-state index contributed by atoms with van der Waals surface area (Å²) in [5, 5.41) is 4.53. The van der Waals surface area contributed by atoms with Crippen LogP contribution in [0.5, 0.6) is 0 Å². The summed E-state index contributed by atoms with van der Waals surface area (Å²) in [5.41, 5.74) is 2.58. The van der Waals surface area contributed by atoms with E-state index in [1.807, 2.05) is 18.5 Å². The first-order valence-corrected chi connectivity index (χ1v) is 9.28. The van der Waals surface area contributed by atoms with Crippen LogP contribution in [0.1, 0.15) is 54.0 Å². The number of carbonyl (C=O) groups excluding carboxylic acids is 1. The Balaban J connectivity index is 1.43. The second-order valence-corrected chi connectivity index (χ2v) is 7.59. The van der Waals surface area contributed by atoms with Crippen LogP contribution in [-0.4, -0.2) is 38.7 Å². The number of benzene rings is 1. The number of nitrogens with zero attached hydrogens (tertiary/aromatic N) is 4. The average molecular weight is 338 g/mol. The van der Waals surface area contributed by atoms with Crippen molar-refractivity contribution in [2.24, 2.45) is 5.92 Å². The van der Waals surface area contributed by atoms with Gasteiger partial charge in [-0.05, 0) is 51.5 Å². The van der Waals surface area contributed by atoms with E-state index in [1.54, 1.807) is 0 Å². The van der Waals surface area contributed by atoms with E-state index in [0.717, 1.165) is 44.0 Å². The molecule has 1 saturated carbocycles. The monoisotopic (exact) mass is 338 g/mol. The molecule has 2 aromatic rings. The maximum Gasteiger partial charge on any atom is 0.226 e. The number of piperidine rings is 1. The highest BCUT2D eigenvalue weighted by Crippen LogP contribution is 2.49. The van der Waals surface area contributed by atoms with Crippen molar-refractivity contribution in [3.05, 3.63) is 47.0 Å². The molecule has 0 spiro atoms. The summed E-state index contributed by atoms with van der Waals surface area (Å²) in [6, 6.07) is 8.84. The Morgan fingerprint density at radius 1 is 1.24 bits per heavy atom. The maximum atomic E-state index is 13.0. The van der Waals surface area contributed by atoms with Crippen molar-refractivity contribution in [3.63, 3.8) is 0 Å². The number of aromatic nitrogens is 3. The van der Waals surface area contributed by atoms with Gasteiger partial charge < -0.3 is 4.90 Å². The lowest BCUT2D eigenvalue weighted by Gasteiger charge is -2.33. The second kappa shape index (κ2) is 6.28. The van der Waals surface area contributed by atoms with Gasteiger partial charge in [-0.1, -0.05) is 29.8 Å². The van der Waals surface area contributed by atoms with Gasteiger partial charge in [0.1, 0.15) is 11.6 Å². The van der Waals surface area contributed by atoms with Crippen molar-refractivity contribution in [2.45, 2.75) is 52.0 Å². The van der Waals surface area contributed by atoms with E-state index in [2.05, 4.69) is 46.2 Å². The third kappa shape index (κ3) is 3.20. The van der Waals surface area contributed by atoms with Gasteiger partial charge in [-0.2, -0.15) is 5.10 Å². The Bertz CT molecular complexity index is 797. The largest absolute Gasteiger partial charge is 0.340 e. The molecule has 5 nitrogen and oxygen atoms in total. The first-order chi connectivity index (χ1) is 12.0. The zero-order valence-electron chi connectivity index (χ0n) is 15.3. The Kier molecular flexibility index (Phi) is 4.10. The molecule has 132 valence electrons. The van der Waals surface area contributed by atoms with E-state index >= 15 is 0 Å². The predicted octanol–water partition coefficient (Wildman–Crippen LogP) is 3.17. The fourth-order valence-corrected chi connectivity index (χ4v) is 4.21. The summed E-state index contributed by atoms with van der Waals surface area (Å²) < 4.78 is 2.01. The number of aryl methyl sites for hydroxylation is 3. The minimum Gasteiger partial charge on any atom is -0.340 e. The first kappa shape index (κ1) is 16.3. The van der Waals surface area contributed by atoms with Crippen molar-refractivity contribution < 1.29 is 4.79 Å². The zero-order valence-corrected chi connectivity index (χ0v) is 15.3. The Morgan fingerprint density at radius 2 is 2.08 bits per heavy atom. The van der Waals surface area contributed by atoms with Crippen LogP contribution in [0.25, 0.3) is 0 Å². The molecule has 2 aliphatic rings. The molecule has 1 aliphatic heterocycles.